The molecule has 0 aliphatic rings. The average Bonchev–Trinajstić information content (AvgIpc) is 2.85. The second-order valence-electron chi connectivity index (χ2n) is 7.64. The van der Waals surface area contributed by atoms with Crippen molar-refractivity contribution >= 4 is 60.5 Å². The van der Waals surface area contributed by atoms with Crippen LogP contribution in [-0.4, -0.2) is 30.8 Å². The van der Waals surface area contributed by atoms with Crippen molar-refractivity contribution in [2.24, 2.45) is 10.1 Å². The Balaban J connectivity index is 1.71. The van der Waals surface area contributed by atoms with Gasteiger partial charge in [0.1, 0.15) is 5.69 Å². The molecule has 1 aromatic heterocycles. The second kappa shape index (κ2) is 11.5. The summed E-state index contributed by atoms with van der Waals surface area (Å²) < 4.78 is 12.8. The Morgan fingerprint density at radius 2 is 1.77 bits per heavy atom. The zero-order valence-corrected chi connectivity index (χ0v) is 22.7. The van der Waals surface area contributed by atoms with E-state index < -0.39 is 0 Å². The largest absolute Gasteiger partial charge is 0.493 e. The van der Waals surface area contributed by atoms with Crippen molar-refractivity contribution in [1.82, 2.24) is 10.4 Å². The quantitative estimate of drug-likeness (QED) is 0.140. The number of hydrogen-bond donors (Lipinski definition) is 1. The number of pyridine rings is 1. The van der Waals surface area contributed by atoms with E-state index in [0.717, 1.165) is 36.7 Å². The summed E-state index contributed by atoms with van der Waals surface area (Å²) in [7, 11) is 1.62. The lowest BCUT2D eigenvalue weighted by Gasteiger charge is -2.10. The highest BCUT2D eigenvalue weighted by Gasteiger charge is 2.11. The molecule has 0 saturated heterocycles. The monoisotopic (exact) mass is 594 g/mol. The Kier molecular flexibility index (Phi) is 8.15. The minimum atomic E-state index is 0.509. The summed E-state index contributed by atoms with van der Waals surface area (Å²) in [5.41, 5.74) is 7.34. The van der Waals surface area contributed by atoms with E-state index in [-0.39, 0.29) is 0 Å². The SMILES string of the molecule is CCOc1ccc(/C=N/NC(=Nc2c(Br)cc(C)cc2Br)c2ccc3ccccc3n2)cc1OC. The van der Waals surface area contributed by atoms with Crippen molar-refractivity contribution in [2.75, 3.05) is 13.7 Å². The molecule has 0 atom stereocenters. The number of ether oxygens (including phenoxy) is 2. The van der Waals surface area contributed by atoms with E-state index in [0.29, 0.717) is 29.6 Å². The highest BCUT2D eigenvalue weighted by molar-refractivity contribution is 9.11. The lowest BCUT2D eigenvalue weighted by molar-refractivity contribution is 0.311. The summed E-state index contributed by atoms with van der Waals surface area (Å²) in [6.45, 7) is 4.53. The minimum Gasteiger partial charge on any atom is -0.493 e. The number of fused-ring (bicyclic) bond motifs is 1. The summed E-state index contributed by atoms with van der Waals surface area (Å²) >= 11 is 7.26. The van der Waals surface area contributed by atoms with Crippen molar-refractivity contribution < 1.29 is 9.47 Å². The van der Waals surface area contributed by atoms with E-state index in [1.807, 2.05) is 80.6 Å². The van der Waals surface area contributed by atoms with E-state index >= 15 is 0 Å². The summed E-state index contributed by atoms with van der Waals surface area (Å²) in [5.74, 6) is 1.85. The zero-order valence-electron chi connectivity index (χ0n) is 19.5. The lowest BCUT2D eigenvalue weighted by Crippen LogP contribution is -2.20. The Labute approximate surface area is 221 Å². The number of aromatic nitrogens is 1. The number of aliphatic imine (C=N–C) groups is 1. The number of benzene rings is 3. The average molecular weight is 596 g/mol. The third kappa shape index (κ3) is 6.07. The lowest BCUT2D eigenvalue weighted by atomic mass is 10.2. The van der Waals surface area contributed by atoms with Crippen LogP contribution in [0.5, 0.6) is 11.5 Å². The van der Waals surface area contributed by atoms with Gasteiger partial charge in [-0.3, -0.25) is 5.43 Å². The maximum Gasteiger partial charge on any atom is 0.173 e. The molecule has 0 aliphatic heterocycles. The number of halogens is 2. The molecule has 0 unspecified atom stereocenters. The van der Waals surface area contributed by atoms with Gasteiger partial charge in [-0.1, -0.05) is 24.3 Å². The first-order valence-corrected chi connectivity index (χ1v) is 12.6. The number of hydrogen-bond acceptors (Lipinski definition) is 5. The fourth-order valence-corrected chi connectivity index (χ4v) is 5.05. The van der Waals surface area contributed by atoms with Gasteiger partial charge in [0, 0.05) is 14.3 Å². The minimum absolute atomic E-state index is 0.509. The van der Waals surface area contributed by atoms with Crippen LogP contribution >= 0.6 is 31.9 Å². The van der Waals surface area contributed by atoms with E-state index in [9.17, 15) is 0 Å². The van der Waals surface area contributed by atoms with Crippen LogP contribution < -0.4 is 14.9 Å². The first-order valence-electron chi connectivity index (χ1n) is 11.0. The van der Waals surface area contributed by atoms with Crippen LogP contribution in [0.2, 0.25) is 0 Å². The van der Waals surface area contributed by atoms with Crippen LogP contribution in [0.3, 0.4) is 0 Å². The number of methoxy groups -OCH3 is 1. The molecule has 8 heteroatoms. The van der Waals surface area contributed by atoms with Crippen LogP contribution in [0.25, 0.3) is 10.9 Å². The molecule has 35 heavy (non-hydrogen) atoms. The number of rotatable bonds is 7. The van der Waals surface area contributed by atoms with E-state index in [2.05, 4.69) is 42.4 Å². The standard InChI is InChI=1S/C27H24Br2N4O2/c1-4-35-24-12-9-18(15-25(24)34-3)16-30-33-27(32-26-20(28)13-17(2)14-21(26)29)23-11-10-19-7-5-6-8-22(19)31-23/h5-16H,4H2,1-3H3,(H,32,33)/b30-16+. The predicted octanol–water partition coefficient (Wildman–Crippen LogP) is 7.18. The molecule has 0 amide bonds. The van der Waals surface area contributed by atoms with Gasteiger partial charge in [0.15, 0.2) is 17.3 Å². The molecule has 0 saturated carbocycles. The van der Waals surface area contributed by atoms with Crippen molar-refractivity contribution in [3.05, 3.63) is 92.5 Å². The van der Waals surface area contributed by atoms with Gasteiger partial charge in [0.25, 0.3) is 0 Å². The highest BCUT2D eigenvalue weighted by atomic mass is 79.9. The summed E-state index contributed by atoms with van der Waals surface area (Å²) in [6, 6.07) is 21.6. The maximum absolute atomic E-state index is 5.59. The number of para-hydroxylation sites is 1. The third-order valence-electron chi connectivity index (χ3n) is 5.10. The van der Waals surface area contributed by atoms with Crippen LogP contribution in [0.4, 0.5) is 5.69 Å². The molecule has 0 fully saturated rings. The van der Waals surface area contributed by atoms with Gasteiger partial charge in [0.05, 0.1) is 31.1 Å². The molecule has 4 rings (SSSR count). The fraction of sp³-hybridized carbons (Fsp3) is 0.148. The number of hydrazone groups is 1. The third-order valence-corrected chi connectivity index (χ3v) is 6.31. The molecule has 0 spiro atoms. The Bertz CT molecular complexity index is 1400. The first-order chi connectivity index (χ1) is 17.0. The first kappa shape index (κ1) is 24.9. The van der Waals surface area contributed by atoms with E-state index in [4.69, 9.17) is 19.5 Å². The van der Waals surface area contributed by atoms with Crippen molar-refractivity contribution in [1.29, 1.82) is 0 Å². The normalized spacial score (nSPS) is 11.7. The summed E-state index contributed by atoms with van der Waals surface area (Å²) in [6.07, 6.45) is 1.70. The predicted molar refractivity (Wildman–Crippen MR) is 149 cm³/mol. The van der Waals surface area contributed by atoms with Gasteiger partial charge in [-0.05, 0) is 99.3 Å². The molecule has 1 heterocycles. The molecular formula is C27H24Br2N4O2. The number of nitrogens with one attached hydrogen (secondary N) is 1. The van der Waals surface area contributed by atoms with Crippen molar-refractivity contribution in [3.8, 4) is 11.5 Å². The van der Waals surface area contributed by atoms with Crippen LogP contribution in [0, 0.1) is 6.92 Å². The van der Waals surface area contributed by atoms with Gasteiger partial charge < -0.3 is 9.47 Å². The molecule has 0 radical (unpaired) electrons. The van der Waals surface area contributed by atoms with Crippen LogP contribution in [0.15, 0.2) is 85.8 Å². The zero-order chi connectivity index (χ0) is 24.8. The topological polar surface area (TPSA) is 68.1 Å². The number of amidine groups is 1. The molecule has 4 aromatic rings. The summed E-state index contributed by atoms with van der Waals surface area (Å²) in [4.78, 5) is 9.67. The Morgan fingerprint density at radius 1 is 1.00 bits per heavy atom. The molecule has 0 aliphatic carbocycles. The highest BCUT2D eigenvalue weighted by Crippen LogP contribution is 2.35. The van der Waals surface area contributed by atoms with Crippen LogP contribution in [0.1, 0.15) is 23.7 Å². The van der Waals surface area contributed by atoms with Gasteiger partial charge in [-0.15, -0.1) is 0 Å². The van der Waals surface area contributed by atoms with Gasteiger partial charge in [-0.2, -0.15) is 5.10 Å². The van der Waals surface area contributed by atoms with Crippen molar-refractivity contribution in [2.45, 2.75) is 13.8 Å². The summed E-state index contributed by atoms with van der Waals surface area (Å²) in [5, 5.41) is 5.50. The van der Waals surface area contributed by atoms with Gasteiger partial charge in [0.2, 0.25) is 0 Å². The van der Waals surface area contributed by atoms with E-state index in [1.54, 1.807) is 13.3 Å². The Hall–Kier alpha value is -3.23. The number of nitrogens with zero attached hydrogens (tertiary/aromatic N) is 3. The maximum atomic E-state index is 5.59. The molecule has 0 bridgehead atoms. The van der Waals surface area contributed by atoms with E-state index in [1.165, 1.54) is 0 Å². The second-order valence-corrected chi connectivity index (χ2v) is 9.35. The van der Waals surface area contributed by atoms with Gasteiger partial charge in [-0.25, -0.2) is 9.98 Å². The van der Waals surface area contributed by atoms with Crippen molar-refractivity contribution in [3.63, 3.8) is 0 Å². The molecular weight excluding hydrogens is 572 g/mol. The smallest absolute Gasteiger partial charge is 0.173 e. The van der Waals surface area contributed by atoms with Crippen LogP contribution in [-0.2, 0) is 0 Å². The number of aryl methyl sites for hydroxylation is 1. The molecule has 6 nitrogen and oxygen atoms in total. The molecule has 3 aromatic carbocycles. The Morgan fingerprint density at radius 3 is 2.51 bits per heavy atom. The molecule has 178 valence electrons. The van der Waals surface area contributed by atoms with Gasteiger partial charge >= 0.3 is 0 Å². The molecule has 1 N–H and O–H groups in total. The fourth-order valence-electron chi connectivity index (χ4n) is 3.46.